The van der Waals surface area contributed by atoms with Gasteiger partial charge in [-0.2, -0.15) is 39.5 Å². The van der Waals surface area contributed by atoms with E-state index < -0.39 is 50.4 Å². The zero-order valence-corrected chi connectivity index (χ0v) is 12.5. The lowest BCUT2D eigenvalue weighted by molar-refractivity contribution is -0.382. The number of alkyl halides is 9. The smallest absolute Gasteiger partial charge is 0.325 e. The third-order valence-electron chi connectivity index (χ3n) is 3.91. The first kappa shape index (κ1) is 21.3. The molecule has 24 heavy (non-hydrogen) atoms. The lowest BCUT2D eigenvalue weighted by atomic mass is 9.91. The molecule has 0 radical (unpaired) electrons. The zero-order valence-electron chi connectivity index (χ0n) is 11.7. The standard InChI is InChI=1S/C10H13F9N2O2S/c11-7(12,9(15,16)17)8(13,14)10(18,19)24(22,23)6(21)4-2-1-3-5(6)20/h5H,1-4,20-21H2. The highest BCUT2D eigenvalue weighted by Gasteiger charge is 2.86. The quantitative estimate of drug-likeness (QED) is 0.715. The van der Waals surface area contributed by atoms with Gasteiger partial charge in [-0.1, -0.05) is 12.8 Å². The first-order chi connectivity index (χ1) is 10.4. The highest BCUT2D eigenvalue weighted by Crippen LogP contribution is 2.56. The molecular weight excluding hydrogens is 383 g/mol. The maximum atomic E-state index is 13.8. The Morgan fingerprint density at radius 1 is 0.875 bits per heavy atom. The van der Waals surface area contributed by atoms with Gasteiger partial charge in [-0.25, -0.2) is 8.42 Å². The summed E-state index contributed by atoms with van der Waals surface area (Å²) in [4.78, 5) is -3.26. The lowest BCUT2D eigenvalue weighted by Gasteiger charge is -2.42. The topological polar surface area (TPSA) is 86.2 Å². The Hall–Kier alpha value is -0.760. The van der Waals surface area contributed by atoms with Crippen molar-refractivity contribution >= 4 is 9.84 Å². The Labute approximate surface area is 130 Å². The lowest BCUT2D eigenvalue weighted by Crippen LogP contribution is -2.71. The summed E-state index contributed by atoms with van der Waals surface area (Å²) < 4.78 is 140. The molecule has 14 heteroatoms. The molecule has 4 N–H and O–H groups in total. The first-order valence-electron chi connectivity index (χ1n) is 6.36. The maximum Gasteiger partial charge on any atom is 0.460 e. The summed E-state index contributed by atoms with van der Waals surface area (Å²) in [5.41, 5.74) is 10.4. The fourth-order valence-corrected chi connectivity index (χ4v) is 4.17. The molecule has 2 unspecified atom stereocenters. The molecule has 0 aromatic carbocycles. The van der Waals surface area contributed by atoms with Crippen LogP contribution in [0.15, 0.2) is 0 Å². The van der Waals surface area contributed by atoms with Crippen LogP contribution in [0.2, 0.25) is 0 Å². The van der Waals surface area contributed by atoms with Crippen LogP contribution in [0.1, 0.15) is 25.7 Å². The number of sulfone groups is 1. The molecule has 0 aromatic heterocycles. The monoisotopic (exact) mass is 396 g/mol. The third kappa shape index (κ3) is 2.57. The highest BCUT2D eigenvalue weighted by atomic mass is 32.2. The van der Waals surface area contributed by atoms with Crippen LogP contribution >= 0.6 is 0 Å². The molecule has 0 spiro atoms. The van der Waals surface area contributed by atoms with Crippen molar-refractivity contribution in [3.8, 4) is 0 Å². The summed E-state index contributed by atoms with van der Waals surface area (Å²) in [5, 5.41) is -6.80. The van der Waals surface area contributed by atoms with Gasteiger partial charge >= 0.3 is 23.3 Å². The van der Waals surface area contributed by atoms with Crippen LogP contribution in [0.4, 0.5) is 39.5 Å². The minimum absolute atomic E-state index is 0.166. The molecule has 1 aliphatic carbocycles. The molecule has 4 nitrogen and oxygen atoms in total. The second-order valence-electron chi connectivity index (χ2n) is 5.47. The van der Waals surface area contributed by atoms with Crippen LogP contribution in [0, 0.1) is 0 Å². The van der Waals surface area contributed by atoms with Gasteiger partial charge in [-0.3, -0.25) is 0 Å². The Bertz CT molecular complexity index is 590. The van der Waals surface area contributed by atoms with Crippen LogP contribution in [0.3, 0.4) is 0 Å². The van der Waals surface area contributed by atoms with E-state index in [-0.39, 0.29) is 19.3 Å². The van der Waals surface area contributed by atoms with E-state index in [0.29, 0.717) is 0 Å². The van der Waals surface area contributed by atoms with E-state index in [0.717, 1.165) is 0 Å². The Morgan fingerprint density at radius 3 is 1.71 bits per heavy atom. The SMILES string of the molecule is NC1CCCCC1(N)S(=O)(=O)C(F)(F)C(F)(F)C(F)(F)C(F)(F)F. The van der Waals surface area contributed by atoms with Crippen molar-refractivity contribution in [1.82, 2.24) is 0 Å². The molecule has 0 saturated heterocycles. The largest absolute Gasteiger partial charge is 0.460 e. The highest BCUT2D eigenvalue weighted by molar-refractivity contribution is 7.93. The molecule has 1 fully saturated rings. The average molecular weight is 396 g/mol. The Kier molecular flexibility index (Phi) is 4.99. The van der Waals surface area contributed by atoms with Crippen LogP contribution in [0.25, 0.3) is 0 Å². The van der Waals surface area contributed by atoms with E-state index in [4.69, 9.17) is 11.5 Å². The van der Waals surface area contributed by atoms with E-state index in [2.05, 4.69) is 0 Å². The van der Waals surface area contributed by atoms with Crippen molar-refractivity contribution in [1.29, 1.82) is 0 Å². The van der Waals surface area contributed by atoms with Crippen LogP contribution in [-0.4, -0.2) is 42.6 Å². The Morgan fingerprint density at radius 2 is 1.33 bits per heavy atom. The molecule has 2 atom stereocenters. The summed E-state index contributed by atoms with van der Waals surface area (Å²) in [7, 11) is -6.72. The van der Waals surface area contributed by atoms with Crippen molar-refractivity contribution < 1.29 is 47.9 Å². The first-order valence-corrected chi connectivity index (χ1v) is 7.85. The van der Waals surface area contributed by atoms with E-state index in [1.165, 1.54) is 0 Å². The van der Waals surface area contributed by atoms with Gasteiger partial charge in [0.1, 0.15) is 4.87 Å². The van der Waals surface area contributed by atoms with Gasteiger partial charge in [0.05, 0.1) is 0 Å². The van der Waals surface area contributed by atoms with Gasteiger partial charge < -0.3 is 11.5 Å². The van der Waals surface area contributed by atoms with Gasteiger partial charge in [0.2, 0.25) is 9.84 Å². The summed E-state index contributed by atoms with van der Waals surface area (Å²) >= 11 is 0. The third-order valence-corrected chi connectivity index (χ3v) is 6.35. The summed E-state index contributed by atoms with van der Waals surface area (Å²) in [5.74, 6) is -14.6. The Balaban J connectivity index is 3.51. The predicted molar refractivity (Wildman–Crippen MR) is 63.2 cm³/mol. The molecular formula is C10H13F9N2O2S. The molecule has 0 amide bonds. The molecule has 0 aliphatic heterocycles. The van der Waals surface area contributed by atoms with Gasteiger partial charge in [0, 0.05) is 6.04 Å². The van der Waals surface area contributed by atoms with Gasteiger partial charge in [-0.05, 0) is 12.8 Å². The minimum atomic E-state index is -7.31. The van der Waals surface area contributed by atoms with Crippen molar-refractivity contribution in [2.24, 2.45) is 11.5 Å². The fourth-order valence-electron chi connectivity index (χ4n) is 2.30. The zero-order chi connectivity index (χ0) is 19.4. The van der Waals surface area contributed by atoms with E-state index in [1.54, 1.807) is 0 Å². The minimum Gasteiger partial charge on any atom is -0.325 e. The van der Waals surface area contributed by atoms with Crippen molar-refractivity contribution in [2.75, 3.05) is 0 Å². The van der Waals surface area contributed by atoms with E-state index in [1.807, 2.05) is 0 Å². The predicted octanol–water partition coefficient (Wildman–Crippen LogP) is 2.38. The number of halogens is 9. The summed E-state index contributed by atoms with van der Waals surface area (Å²) in [6.07, 6.45) is -8.30. The molecule has 0 heterocycles. The van der Waals surface area contributed by atoms with Crippen molar-refractivity contribution in [3.05, 3.63) is 0 Å². The van der Waals surface area contributed by atoms with Crippen LogP contribution < -0.4 is 11.5 Å². The molecule has 0 bridgehead atoms. The molecule has 0 aromatic rings. The van der Waals surface area contributed by atoms with Crippen LogP contribution in [0.5, 0.6) is 0 Å². The fraction of sp³-hybridized carbons (Fsp3) is 1.00. The number of hydrogen-bond donors (Lipinski definition) is 2. The van der Waals surface area contributed by atoms with Gasteiger partial charge in [-0.15, -0.1) is 0 Å². The van der Waals surface area contributed by atoms with E-state index >= 15 is 0 Å². The number of hydrogen-bond acceptors (Lipinski definition) is 4. The average Bonchev–Trinajstić information content (AvgIpc) is 2.40. The second kappa shape index (κ2) is 5.62. The van der Waals surface area contributed by atoms with Gasteiger partial charge in [0.15, 0.2) is 0 Å². The molecule has 1 saturated carbocycles. The summed E-state index contributed by atoms with van der Waals surface area (Å²) in [6.45, 7) is 0. The maximum absolute atomic E-state index is 13.8. The van der Waals surface area contributed by atoms with Crippen LogP contribution in [-0.2, 0) is 9.84 Å². The molecule has 1 aliphatic rings. The molecule has 144 valence electrons. The normalized spacial score (nSPS) is 28.0. The van der Waals surface area contributed by atoms with E-state index in [9.17, 15) is 47.9 Å². The van der Waals surface area contributed by atoms with Crippen molar-refractivity contribution in [2.45, 2.75) is 59.9 Å². The number of rotatable bonds is 4. The second-order valence-corrected chi connectivity index (χ2v) is 7.75. The van der Waals surface area contributed by atoms with Gasteiger partial charge in [0.25, 0.3) is 0 Å². The number of nitrogens with two attached hydrogens (primary N) is 2. The van der Waals surface area contributed by atoms with Crippen molar-refractivity contribution in [3.63, 3.8) is 0 Å². The summed E-state index contributed by atoms with van der Waals surface area (Å²) in [6, 6.07) is -1.84. The molecule has 1 rings (SSSR count).